The van der Waals surface area contributed by atoms with Gasteiger partial charge in [-0.05, 0) is 41.8 Å². The van der Waals surface area contributed by atoms with Crippen LogP contribution in [0.25, 0.3) is 11.1 Å². The summed E-state index contributed by atoms with van der Waals surface area (Å²) in [6.45, 7) is 1.70. The summed E-state index contributed by atoms with van der Waals surface area (Å²) in [5, 5.41) is 7.14. The van der Waals surface area contributed by atoms with Crippen molar-refractivity contribution in [3.05, 3.63) is 69.7 Å². The molecule has 2 heterocycles. The lowest BCUT2D eigenvalue weighted by atomic mass is 10.0. The number of halogens is 2. The van der Waals surface area contributed by atoms with Gasteiger partial charge >= 0.3 is 0 Å². The molecule has 1 atom stereocenters. The summed E-state index contributed by atoms with van der Waals surface area (Å²) in [6, 6.07) is 13.2. The number of carbonyl (C=O) groups excluding carboxylic acids is 1. The van der Waals surface area contributed by atoms with E-state index in [4.69, 9.17) is 23.2 Å². The van der Waals surface area contributed by atoms with E-state index >= 15 is 0 Å². The van der Waals surface area contributed by atoms with Gasteiger partial charge in [0.25, 0.3) is 5.91 Å². The van der Waals surface area contributed by atoms with E-state index in [1.165, 1.54) is 0 Å². The van der Waals surface area contributed by atoms with Crippen LogP contribution in [0, 0.1) is 0 Å². The minimum absolute atomic E-state index is 0.0540. The molecule has 1 fully saturated rings. The van der Waals surface area contributed by atoms with Gasteiger partial charge in [-0.1, -0.05) is 41.4 Å². The van der Waals surface area contributed by atoms with Gasteiger partial charge in [0.1, 0.15) is 0 Å². The minimum Gasteiger partial charge on any atom is -0.347 e. The van der Waals surface area contributed by atoms with Crippen molar-refractivity contribution in [2.75, 3.05) is 18.0 Å². The molecule has 0 bridgehead atoms. The zero-order chi connectivity index (χ0) is 18.8. The second-order valence-corrected chi connectivity index (χ2v) is 8.11. The lowest BCUT2D eigenvalue weighted by Gasteiger charge is -2.16. The summed E-state index contributed by atoms with van der Waals surface area (Å²) in [7, 11) is 0. The number of hydrogen-bond donors (Lipinski definition) is 1. The highest BCUT2D eigenvalue weighted by molar-refractivity contribution is 7.13. The van der Waals surface area contributed by atoms with E-state index in [1.54, 1.807) is 23.6 Å². The summed E-state index contributed by atoms with van der Waals surface area (Å²) < 4.78 is 0. The Balaban J connectivity index is 1.40. The molecule has 1 amide bonds. The fourth-order valence-electron chi connectivity index (χ4n) is 3.18. The lowest BCUT2D eigenvalue weighted by molar-refractivity contribution is 0.0940. The van der Waals surface area contributed by atoms with Crippen LogP contribution >= 0.6 is 34.5 Å². The molecule has 0 spiro atoms. The number of hydrogen-bond acceptors (Lipinski definition) is 4. The van der Waals surface area contributed by atoms with E-state index in [9.17, 15) is 4.79 Å². The van der Waals surface area contributed by atoms with E-state index in [-0.39, 0.29) is 11.9 Å². The average Bonchev–Trinajstić information content (AvgIpc) is 3.36. The number of benzene rings is 2. The van der Waals surface area contributed by atoms with Crippen molar-refractivity contribution in [2.45, 2.75) is 12.5 Å². The third-order valence-electron chi connectivity index (χ3n) is 4.61. The van der Waals surface area contributed by atoms with E-state index in [0.29, 0.717) is 15.6 Å². The maximum Gasteiger partial charge on any atom is 0.251 e. The molecule has 0 aliphatic carbocycles. The van der Waals surface area contributed by atoms with Gasteiger partial charge in [0.2, 0.25) is 0 Å². The molecule has 1 aliphatic heterocycles. The summed E-state index contributed by atoms with van der Waals surface area (Å²) in [4.78, 5) is 19.1. The van der Waals surface area contributed by atoms with Crippen LogP contribution in [-0.2, 0) is 0 Å². The van der Waals surface area contributed by atoms with Crippen LogP contribution < -0.4 is 10.2 Å². The molecule has 4 rings (SSSR count). The van der Waals surface area contributed by atoms with Crippen molar-refractivity contribution in [1.82, 2.24) is 10.3 Å². The zero-order valence-corrected chi connectivity index (χ0v) is 16.7. The van der Waals surface area contributed by atoms with Gasteiger partial charge < -0.3 is 10.2 Å². The van der Waals surface area contributed by atoms with Crippen molar-refractivity contribution < 1.29 is 4.79 Å². The highest BCUT2D eigenvalue weighted by Gasteiger charge is 2.25. The Morgan fingerprint density at radius 3 is 2.59 bits per heavy atom. The van der Waals surface area contributed by atoms with Crippen LogP contribution in [0.4, 0.5) is 5.13 Å². The first-order valence-electron chi connectivity index (χ1n) is 8.61. The Labute approximate surface area is 171 Å². The maximum absolute atomic E-state index is 12.6. The lowest BCUT2D eigenvalue weighted by Crippen LogP contribution is -2.37. The first-order valence-corrected chi connectivity index (χ1v) is 10.2. The predicted octanol–water partition coefficient (Wildman–Crippen LogP) is 5.13. The number of carbonyl (C=O) groups is 1. The van der Waals surface area contributed by atoms with E-state index < -0.39 is 0 Å². The van der Waals surface area contributed by atoms with Gasteiger partial charge in [-0.3, -0.25) is 4.79 Å². The number of thiazole rings is 1. The molecule has 0 radical (unpaired) electrons. The van der Waals surface area contributed by atoms with Gasteiger partial charge in [0, 0.05) is 36.3 Å². The number of nitrogens with one attached hydrogen (secondary N) is 1. The van der Waals surface area contributed by atoms with Gasteiger partial charge in [-0.2, -0.15) is 0 Å². The molecule has 4 nitrogen and oxygen atoms in total. The Kier molecular flexibility index (Phi) is 5.34. The van der Waals surface area contributed by atoms with Crippen molar-refractivity contribution in [3.8, 4) is 11.1 Å². The molecule has 1 unspecified atom stereocenters. The Hall–Kier alpha value is -2.08. The van der Waals surface area contributed by atoms with Gasteiger partial charge in [-0.15, -0.1) is 11.3 Å². The summed E-state index contributed by atoms with van der Waals surface area (Å²) in [5.74, 6) is -0.0540. The second kappa shape index (κ2) is 7.89. The van der Waals surface area contributed by atoms with E-state index in [1.807, 2.05) is 41.8 Å². The summed E-state index contributed by atoms with van der Waals surface area (Å²) >= 11 is 13.7. The molecule has 2 aromatic carbocycles. The van der Waals surface area contributed by atoms with E-state index in [0.717, 1.165) is 35.8 Å². The monoisotopic (exact) mass is 417 g/mol. The van der Waals surface area contributed by atoms with E-state index in [2.05, 4.69) is 15.2 Å². The molecule has 1 N–H and O–H groups in total. The SMILES string of the molecule is O=C(NC1CCN(c2nccs2)C1)c1ccc(-c2ccc(Cl)c(Cl)c2)cc1. The largest absolute Gasteiger partial charge is 0.347 e. The fraction of sp³-hybridized carbons (Fsp3) is 0.200. The number of nitrogens with zero attached hydrogens (tertiary/aromatic N) is 2. The van der Waals surface area contributed by atoms with Gasteiger partial charge in [0.15, 0.2) is 5.13 Å². The van der Waals surface area contributed by atoms with Crippen molar-refractivity contribution in [2.24, 2.45) is 0 Å². The quantitative estimate of drug-likeness (QED) is 0.639. The topological polar surface area (TPSA) is 45.2 Å². The van der Waals surface area contributed by atoms with Crippen molar-refractivity contribution >= 4 is 45.6 Å². The first kappa shape index (κ1) is 18.3. The fourth-order valence-corrected chi connectivity index (χ4v) is 4.16. The Bertz CT molecular complexity index is 944. The van der Waals surface area contributed by atoms with Crippen LogP contribution in [0.5, 0.6) is 0 Å². The number of aromatic nitrogens is 1. The smallest absolute Gasteiger partial charge is 0.251 e. The van der Waals surface area contributed by atoms with Crippen molar-refractivity contribution in [1.29, 1.82) is 0 Å². The van der Waals surface area contributed by atoms with Crippen LogP contribution in [0.15, 0.2) is 54.0 Å². The number of amides is 1. The normalized spacial score (nSPS) is 16.5. The Morgan fingerprint density at radius 2 is 1.89 bits per heavy atom. The molecule has 3 aromatic rings. The number of rotatable bonds is 4. The first-order chi connectivity index (χ1) is 13.1. The second-order valence-electron chi connectivity index (χ2n) is 6.43. The minimum atomic E-state index is -0.0540. The molecular weight excluding hydrogens is 401 g/mol. The third kappa shape index (κ3) is 4.10. The Morgan fingerprint density at radius 1 is 1.11 bits per heavy atom. The molecule has 138 valence electrons. The standard InChI is InChI=1S/C20H17Cl2N3OS/c21-17-6-5-15(11-18(17)22)13-1-3-14(4-2-13)19(26)24-16-7-9-25(12-16)20-23-8-10-27-20/h1-6,8,10-11,16H,7,9,12H2,(H,24,26). The van der Waals surface area contributed by atoms with Crippen LogP contribution in [0.2, 0.25) is 10.0 Å². The van der Waals surface area contributed by atoms with Crippen LogP contribution in [0.3, 0.4) is 0 Å². The third-order valence-corrected chi connectivity index (χ3v) is 6.18. The highest BCUT2D eigenvalue weighted by atomic mass is 35.5. The molecule has 27 heavy (non-hydrogen) atoms. The maximum atomic E-state index is 12.6. The van der Waals surface area contributed by atoms with Gasteiger partial charge in [-0.25, -0.2) is 4.98 Å². The predicted molar refractivity (Wildman–Crippen MR) is 112 cm³/mol. The van der Waals surface area contributed by atoms with Crippen LogP contribution in [-0.4, -0.2) is 30.0 Å². The zero-order valence-electron chi connectivity index (χ0n) is 14.4. The molecule has 0 saturated carbocycles. The summed E-state index contributed by atoms with van der Waals surface area (Å²) in [6.07, 6.45) is 2.73. The average molecular weight is 418 g/mol. The molecule has 7 heteroatoms. The molecule has 1 aromatic heterocycles. The van der Waals surface area contributed by atoms with Crippen LogP contribution in [0.1, 0.15) is 16.8 Å². The highest BCUT2D eigenvalue weighted by Crippen LogP contribution is 2.28. The van der Waals surface area contributed by atoms with Gasteiger partial charge in [0.05, 0.1) is 10.0 Å². The number of anilines is 1. The molecular formula is C20H17Cl2N3OS. The summed E-state index contributed by atoms with van der Waals surface area (Å²) in [5.41, 5.74) is 2.60. The molecule has 1 saturated heterocycles. The van der Waals surface area contributed by atoms with Crippen molar-refractivity contribution in [3.63, 3.8) is 0 Å². The molecule has 1 aliphatic rings.